The number of hydrogen-bond acceptors (Lipinski definition) is 18. The summed E-state index contributed by atoms with van der Waals surface area (Å²) in [5.74, 6) is -2.81. The third kappa shape index (κ3) is 17.1. The largest absolute Gasteiger partial charge is 0.494 e. The second-order valence-corrected chi connectivity index (χ2v) is 19.8. The standard InChI is InChI=1S/C54H62O16S2/c1-3-45(55)65-33-11-7-5-9-31-63-39-21-25-41(26-22-39)67-50(59)35-13-17-37(18-14-35)52(61)69-43-29-30-44(48-47(43)71-54(72-48)49(57)58)70-53(62)38-19-15-36(16-20-38)51(60)68-42-27-23-40(24-28-42)64-32-10-6-8-12-34-66-46(56)4-2/h3-4,21-30,35-38,57-58H,1-2,5-20,31-34H2/t35-,36-,37-,38-. The summed E-state index contributed by atoms with van der Waals surface area (Å²) in [5.41, 5.74) is 0. The summed E-state index contributed by atoms with van der Waals surface area (Å²) in [6, 6.07) is 16.7. The van der Waals surface area contributed by atoms with Crippen molar-refractivity contribution in [2.75, 3.05) is 26.4 Å². The van der Waals surface area contributed by atoms with Gasteiger partial charge in [0.05, 0.1) is 59.9 Å². The van der Waals surface area contributed by atoms with Gasteiger partial charge in [0.1, 0.15) is 38.7 Å². The molecule has 3 aliphatic rings. The van der Waals surface area contributed by atoms with Crippen LogP contribution in [-0.2, 0) is 38.2 Å². The minimum absolute atomic E-state index is 0.121. The molecule has 18 heteroatoms. The highest BCUT2D eigenvalue weighted by Gasteiger charge is 2.37. The maximum atomic E-state index is 13.5. The van der Waals surface area contributed by atoms with E-state index >= 15 is 0 Å². The first kappa shape index (κ1) is 54.9. The molecule has 0 amide bonds. The van der Waals surface area contributed by atoms with E-state index in [1.807, 2.05) is 0 Å². The average molecular weight is 1030 g/mol. The number of thioether (sulfide) groups is 2. The van der Waals surface area contributed by atoms with Gasteiger partial charge in [-0.05, 0) is 163 Å². The minimum atomic E-state index is -0.921. The van der Waals surface area contributed by atoms with Crippen molar-refractivity contribution in [3.63, 3.8) is 0 Å². The molecule has 0 radical (unpaired) electrons. The first-order valence-electron chi connectivity index (χ1n) is 24.5. The van der Waals surface area contributed by atoms with Crippen molar-refractivity contribution in [1.82, 2.24) is 0 Å². The van der Waals surface area contributed by atoms with Crippen molar-refractivity contribution < 1.29 is 76.9 Å². The molecule has 2 saturated carbocycles. The predicted octanol–water partition coefficient (Wildman–Crippen LogP) is 11.1. The van der Waals surface area contributed by atoms with Crippen molar-refractivity contribution in [3.05, 3.63) is 96.2 Å². The molecule has 1 aliphatic heterocycles. The van der Waals surface area contributed by atoms with Crippen LogP contribution >= 0.6 is 23.5 Å². The molecule has 72 heavy (non-hydrogen) atoms. The third-order valence-electron chi connectivity index (χ3n) is 12.3. The van der Waals surface area contributed by atoms with Crippen LogP contribution in [0.2, 0.25) is 0 Å². The number of ether oxygens (including phenoxy) is 8. The molecule has 2 aliphatic carbocycles. The lowest BCUT2D eigenvalue weighted by Gasteiger charge is -2.26. The van der Waals surface area contributed by atoms with Gasteiger partial charge in [0.2, 0.25) is 0 Å². The molecule has 2 N–H and O–H groups in total. The Bertz CT molecular complexity index is 2220. The Balaban J connectivity index is 0.898. The maximum absolute atomic E-state index is 13.5. The summed E-state index contributed by atoms with van der Waals surface area (Å²) in [6.07, 6.45) is 12.5. The number of hydrogen-bond donors (Lipinski definition) is 2. The monoisotopic (exact) mass is 1030 g/mol. The number of aliphatic hydroxyl groups is 2. The van der Waals surface area contributed by atoms with Gasteiger partial charge in [-0.15, -0.1) is 0 Å². The lowest BCUT2D eigenvalue weighted by molar-refractivity contribution is -0.145. The SMILES string of the molecule is C=CC(=O)OCCCCCCOc1ccc(OC(=O)[C@H]2CC[C@H](C(=O)Oc3ccc(OC(=O)[C@H]4CC[C@H](C(=O)Oc5ccc(OCCCCCCOC(=O)C=C)cc5)CC4)c4c3SC(=C(O)O)S4)CC2)cc1. The van der Waals surface area contributed by atoms with Crippen LogP contribution in [0.5, 0.6) is 34.5 Å². The van der Waals surface area contributed by atoms with Crippen LogP contribution in [0.1, 0.15) is 103 Å². The first-order chi connectivity index (χ1) is 34.9. The molecule has 0 saturated heterocycles. The lowest BCUT2D eigenvalue weighted by atomic mass is 9.82. The summed E-state index contributed by atoms with van der Waals surface area (Å²) >= 11 is 1.97. The second-order valence-electron chi connectivity index (χ2n) is 17.5. The molecular weight excluding hydrogens is 969 g/mol. The van der Waals surface area contributed by atoms with Gasteiger partial charge >= 0.3 is 35.8 Å². The van der Waals surface area contributed by atoms with Gasteiger partial charge in [0.25, 0.3) is 5.95 Å². The van der Waals surface area contributed by atoms with Gasteiger partial charge in [-0.25, -0.2) is 9.59 Å². The van der Waals surface area contributed by atoms with Crippen LogP contribution in [0.4, 0.5) is 0 Å². The lowest BCUT2D eigenvalue weighted by Crippen LogP contribution is -2.30. The third-order valence-corrected chi connectivity index (χ3v) is 14.9. The van der Waals surface area contributed by atoms with E-state index in [9.17, 15) is 39.0 Å². The van der Waals surface area contributed by atoms with Crippen molar-refractivity contribution in [2.45, 2.75) is 113 Å². The number of esters is 6. The summed E-state index contributed by atoms with van der Waals surface area (Å²) in [4.78, 5) is 76.1. The second kappa shape index (κ2) is 28.6. The van der Waals surface area contributed by atoms with E-state index < -0.39 is 53.5 Å². The molecule has 6 rings (SSSR count). The Labute approximate surface area is 427 Å². The van der Waals surface area contributed by atoms with Crippen molar-refractivity contribution in [2.24, 2.45) is 23.7 Å². The quantitative estimate of drug-likeness (QED) is 0.0251. The molecule has 0 unspecified atom stereocenters. The fourth-order valence-electron chi connectivity index (χ4n) is 8.26. The highest BCUT2D eigenvalue weighted by molar-refractivity contribution is 8.24. The van der Waals surface area contributed by atoms with Gasteiger partial charge in [-0.3, -0.25) is 19.2 Å². The molecular formula is C54H62O16S2. The van der Waals surface area contributed by atoms with Crippen LogP contribution in [0.25, 0.3) is 0 Å². The number of carbonyl (C=O) groups excluding carboxylic acids is 6. The molecule has 1 heterocycles. The molecule has 3 aromatic rings. The fraction of sp³-hybridized carbons (Fsp3) is 0.444. The van der Waals surface area contributed by atoms with Crippen LogP contribution in [0.15, 0.2) is 106 Å². The van der Waals surface area contributed by atoms with Crippen LogP contribution in [0.3, 0.4) is 0 Å². The zero-order chi connectivity index (χ0) is 51.2. The first-order valence-corrected chi connectivity index (χ1v) is 26.1. The Morgan fingerprint density at radius 1 is 0.444 bits per heavy atom. The number of benzene rings is 3. The Hall–Kier alpha value is -6.40. The minimum Gasteiger partial charge on any atom is -0.494 e. The van der Waals surface area contributed by atoms with Gasteiger partial charge in [0.15, 0.2) is 0 Å². The van der Waals surface area contributed by atoms with Crippen molar-refractivity contribution in [3.8, 4) is 34.5 Å². The van der Waals surface area contributed by atoms with Gasteiger partial charge < -0.3 is 48.1 Å². The van der Waals surface area contributed by atoms with E-state index in [0.29, 0.717) is 111 Å². The van der Waals surface area contributed by atoms with Gasteiger partial charge in [-0.2, -0.15) is 0 Å². The number of rotatable bonds is 26. The maximum Gasteiger partial charge on any atom is 0.330 e. The van der Waals surface area contributed by atoms with E-state index in [-0.39, 0.29) is 27.7 Å². The zero-order valence-corrected chi connectivity index (χ0v) is 41.9. The molecule has 386 valence electrons. The Morgan fingerprint density at radius 3 is 1.07 bits per heavy atom. The van der Waals surface area contributed by atoms with Crippen LogP contribution < -0.4 is 28.4 Å². The molecule has 0 bridgehead atoms. The Kier molecular flexibility index (Phi) is 21.8. The molecule has 3 aromatic carbocycles. The number of aliphatic hydroxyl groups excluding tert-OH is 1. The van der Waals surface area contributed by atoms with Crippen LogP contribution in [-0.4, -0.2) is 72.5 Å². The molecule has 0 atom stereocenters. The highest BCUT2D eigenvalue weighted by atomic mass is 32.2. The summed E-state index contributed by atoms with van der Waals surface area (Å²) < 4.78 is 44.7. The van der Waals surface area contributed by atoms with Gasteiger partial charge in [-0.1, -0.05) is 36.7 Å². The van der Waals surface area contributed by atoms with E-state index in [0.717, 1.165) is 87.0 Å². The molecule has 0 aromatic heterocycles. The predicted molar refractivity (Wildman–Crippen MR) is 267 cm³/mol. The van der Waals surface area contributed by atoms with Crippen molar-refractivity contribution in [1.29, 1.82) is 0 Å². The fourth-order valence-corrected chi connectivity index (χ4v) is 10.5. The van der Waals surface area contributed by atoms with Crippen LogP contribution in [0, 0.1) is 23.7 Å². The summed E-state index contributed by atoms with van der Waals surface area (Å²) in [7, 11) is 0. The average Bonchev–Trinajstić information content (AvgIpc) is 3.86. The number of unbranched alkanes of at least 4 members (excludes halogenated alkanes) is 6. The van der Waals surface area contributed by atoms with E-state index in [1.54, 1.807) is 48.5 Å². The highest BCUT2D eigenvalue weighted by Crippen LogP contribution is 2.58. The Morgan fingerprint density at radius 2 is 0.750 bits per heavy atom. The zero-order valence-electron chi connectivity index (χ0n) is 40.2. The summed E-state index contributed by atoms with van der Waals surface area (Å²) in [6.45, 7) is 8.52. The van der Waals surface area contributed by atoms with Crippen molar-refractivity contribution >= 4 is 59.3 Å². The molecule has 16 nitrogen and oxygen atoms in total. The normalized spacial score (nSPS) is 18.1. The molecule has 0 spiro atoms. The van der Waals surface area contributed by atoms with E-state index in [4.69, 9.17) is 37.9 Å². The number of fused-ring (bicyclic) bond motifs is 1. The summed E-state index contributed by atoms with van der Waals surface area (Å²) in [5, 5.41) is 19.9. The number of carbonyl (C=O) groups is 6. The topological polar surface area (TPSA) is 217 Å². The van der Waals surface area contributed by atoms with E-state index in [2.05, 4.69) is 13.2 Å². The van der Waals surface area contributed by atoms with Gasteiger partial charge in [0, 0.05) is 12.2 Å². The molecule has 2 fully saturated rings. The van der Waals surface area contributed by atoms with E-state index in [1.165, 1.54) is 12.1 Å². The smallest absolute Gasteiger partial charge is 0.330 e.